The molecule has 3 nitrogen and oxygen atoms in total. The van der Waals surface area contributed by atoms with Crippen molar-refractivity contribution in [3.63, 3.8) is 0 Å². The highest BCUT2D eigenvalue weighted by Crippen LogP contribution is 2.45. The largest absolute Gasteiger partial charge is 0.483 e. The lowest BCUT2D eigenvalue weighted by atomic mass is 9.99. The number of carbonyl (C=O) groups is 1. The Bertz CT molecular complexity index is 1040. The normalized spacial score (nSPS) is 15.1. The Hall–Kier alpha value is -2.36. The molecule has 0 fully saturated rings. The van der Waals surface area contributed by atoms with Crippen LogP contribution in [0.4, 0.5) is 27.6 Å². The smallest absolute Gasteiger partial charge is 0.423 e. The molecule has 3 rings (SSSR count). The Morgan fingerprint density at radius 1 is 1.25 bits per heavy atom. The van der Waals surface area contributed by atoms with Gasteiger partial charge >= 0.3 is 12.0 Å². The van der Waals surface area contributed by atoms with E-state index < -0.39 is 52.3 Å². The highest BCUT2D eigenvalue weighted by Gasteiger charge is 2.50. The van der Waals surface area contributed by atoms with Crippen molar-refractivity contribution in [1.82, 2.24) is 0 Å². The van der Waals surface area contributed by atoms with Crippen LogP contribution in [0.15, 0.2) is 12.1 Å². The number of alkyl halides is 2. The molecule has 1 heterocycles. The van der Waals surface area contributed by atoms with Gasteiger partial charge in [0.1, 0.15) is 5.82 Å². The van der Waals surface area contributed by atoms with Crippen LogP contribution in [0.1, 0.15) is 5.56 Å². The molecule has 0 aromatic heterocycles. The number of benzene rings is 2. The first kappa shape index (κ1) is 20.4. The summed E-state index contributed by atoms with van der Waals surface area (Å²) in [7, 11) is 1.89. The first-order valence-electron chi connectivity index (χ1n) is 7.60. The second-order valence-corrected chi connectivity index (χ2v) is 6.85. The summed E-state index contributed by atoms with van der Waals surface area (Å²) in [6.45, 7) is 0.669. The molecule has 1 amide bonds. The maximum absolute atomic E-state index is 14.7. The molecule has 0 saturated heterocycles. The van der Waals surface area contributed by atoms with Crippen LogP contribution in [-0.4, -0.2) is 18.6 Å². The van der Waals surface area contributed by atoms with E-state index in [1.807, 2.05) is 15.2 Å². The first-order valence-corrected chi connectivity index (χ1v) is 8.55. The molecule has 1 unspecified atom stereocenters. The summed E-state index contributed by atoms with van der Waals surface area (Å²) in [6.07, 6.45) is 0.924. The number of amides is 1. The fraction of sp³-hybridized carbons (Fsp3) is 0.167. The first-order chi connectivity index (χ1) is 13.0. The third-order valence-corrected chi connectivity index (χ3v) is 5.19. The molecule has 28 heavy (non-hydrogen) atoms. The molecule has 0 N–H and O–H groups in total. The second-order valence-electron chi connectivity index (χ2n) is 5.87. The Morgan fingerprint density at radius 3 is 2.50 bits per heavy atom. The van der Waals surface area contributed by atoms with E-state index in [1.165, 1.54) is 6.92 Å². The van der Waals surface area contributed by atoms with Crippen LogP contribution >= 0.6 is 20.8 Å². The molecule has 1 aliphatic rings. The maximum Gasteiger partial charge on any atom is 0.483 e. The van der Waals surface area contributed by atoms with Crippen LogP contribution in [0, 0.1) is 36.7 Å². The van der Waals surface area contributed by atoms with Crippen molar-refractivity contribution in [2.75, 3.05) is 11.4 Å². The lowest BCUT2D eigenvalue weighted by molar-refractivity contribution is -0.192. The zero-order valence-electron chi connectivity index (χ0n) is 14.0. The van der Waals surface area contributed by atoms with Crippen LogP contribution in [0.5, 0.6) is 5.75 Å². The fourth-order valence-electron chi connectivity index (χ4n) is 2.76. The van der Waals surface area contributed by atoms with E-state index in [4.69, 9.17) is 18.0 Å². The van der Waals surface area contributed by atoms with E-state index in [0.29, 0.717) is 4.90 Å². The van der Waals surface area contributed by atoms with Crippen LogP contribution in [0.2, 0.25) is 5.02 Å². The SMILES string of the molecule is C#CCN1C(=O)C(F)(F)Oc2cc(Cl)c(-c3c(F)c(C)c(P)c(F)c3F)cc21. The van der Waals surface area contributed by atoms with E-state index in [9.17, 15) is 26.7 Å². The number of anilines is 1. The summed E-state index contributed by atoms with van der Waals surface area (Å²) in [5, 5.41) is -0.697. The van der Waals surface area contributed by atoms with Crippen molar-refractivity contribution in [2.45, 2.75) is 13.0 Å². The van der Waals surface area contributed by atoms with Gasteiger partial charge in [0.15, 0.2) is 17.4 Å². The van der Waals surface area contributed by atoms with Crippen molar-refractivity contribution >= 4 is 37.7 Å². The quantitative estimate of drug-likeness (QED) is 0.308. The summed E-state index contributed by atoms with van der Waals surface area (Å²) in [5.74, 6) is -4.16. The van der Waals surface area contributed by atoms with Crippen molar-refractivity contribution in [3.8, 4) is 29.2 Å². The minimum Gasteiger partial charge on any atom is -0.423 e. The number of hydrogen-bond donors (Lipinski definition) is 0. The fourth-order valence-corrected chi connectivity index (χ4v) is 3.26. The van der Waals surface area contributed by atoms with Gasteiger partial charge in [0.2, 0.25) is 0 Å². The highest BCUT2D eigenvalue weighted by atomic mass is 35.5. The Labute approximate surface area is 163 Å². The Balaban J connectivity index is 2.32. The van der Waals surface area contributed by atoms with Gasteiger partial charge in [0, 0.05) is 16.9 Å². The molecule has 2 aromatic carbocycles. The molecule has 0 spiro atoms. The number of rotatable bonds is 2. The van der Waals surface area contributed by atoms with Gasteiger partial charge in [0.05, 0.1) is 22.8 Å². The Kier molecular flexibility index (Phi) is 5.03. The van der Waals surface area contributed by atoms with E-state index in [1.54, 1.807) is 0 Å². The van der Waals surface area contributed by atoms with Crippen molar-refractivity contribution in [2.24, 2.45) is 0 Å². The van der Waals surface area contributed by atoms with Gasteiger partial charge in [-0.25, -0.2) is 13.2 Å². The number of halogens is 6. The maximum atomic E-state index is 14.7. The minimum absolute atomic E-state index is 0.188. The number of carbonyl (C=O) groups excluding carboxylic acids is 1. The number of nitrogens with zero attached hydrogens (tertiary/aromatic N) is 1. The van der Waals surface area contributed by atoms with E-state index in [-0.39, 0.29) is 22.1 Å². The van der Waals surface area contributed by atoms with Crippen LogP contribution in [0.3, 0.4) is 0 Å². The van der Waals surface area contributed by atoms with E-state index >= 15 is 0 Å². The van der Waals surface area contributed by atoms with Crippen molar-refractivity contribution in [3.05, 3.63) is 40.2 Å². The van der Waals surface area contributed by atoms with Crippen LogP contribution in [-0.2, 0) is 4.79 Å². The number of ether oxygens (including phenoxy) is 1. The molecule has 0 radical (unpaired) electrons. The third-order valence-electron chi connectivity index (χ3n) is 4.19. The molecule has 2 aromatic rings. The lowest BCUT2D eigenvalue weighted by Gasteiger charge is -2.33. The second kappa shape index (κ2) is 6.91. The van der Waals surface area contributed by atoms with Gasteiger partial charge in [0.25, 0.3) is 0 Å². The van der Waals surface area contributed by atoms with E-state index in [0.717, 1.165) is 12.1 Å². The van der Waals surface area contributed by atoms with Gasteiger partial charge in [-0.15, -0.1) is 15.7 Å². The zero-order chi connectivity index (χ0) is 21.0. The van der Waals surface area contributed by atoms with Crippen LogP contribution in [0.25, 0.3) is 11.1 Å². The van der Waals surface area contributed by atoms with Gasteiger partial charge in [-0.2, -0.15) is 8.78 Å². The van der Waals surface area contributed by atoms with E-state index in [2.05, 4.69) is 4.74 Å². The van der Waals surface area contributed by atoms with Gasteiger partial charge < -0.3 is 4.74 Å². The zero-order valence-corrected chi connectivity index (χ0v) is 16.0. The summed E-state index contributed by atoms with van der Waals surface area (Å²) in [4.78, 5) is 12.4. The number of fused-ring (bicyclic) bond motifs is 1. The monoisotopic (exact) mass is 433 g/mol. The Morgan fingerprint density at radius 2 is 1.89 bits per heavy atom. The number of terminal acetylenes is 1. The van der Waals surface area contributed by atoms with Crippen LogP contribution < -0.4 is 14.9 Å². The lowest BCUT2D eigenvalue weighted by Crippen LogP contribution is -2.50. The molecule has 0 bridgehead atoms. The summed E-state index contributed by atoms with van der Waals surface area (Å²) >= 11 is 6.01. The van der Waals surface area contributed by atoms with Gasteiger partial charge in [-0.3, -0.25) is 9.69 Å². The average Bonchev–Trinajstić information content (AvgIpc) is 2.63. The topological polar surface area (TPSA) is 29.5 Å². The van der Waals surface area contributed by atoms with Crippen molar-refractivity contribution in [1.29, 1.82) is 0 Å². The molecule has 146 valence electrons. The highest BCUT2D eigenvalue weighted by molar-refractivity contribution is 7.27. The predicted octanol–water partition coefficient (Wildman–Crippen LogP) is 4.18. The molecule has 0 saturated carbocycles. The molecule has 0 aliphatic carbocycles. The third kappa shape index (κ3) is 2.99. The summed E-state index contributed by atoms with van der Waals surface area (Å²) in [5.41, 5.74) is -1.63. The summed E-state index contributed by atoms with van der Waals surface area (Å²) in [6, 6.07) is 1.81. The average molecular weight is 434 g/mol. The molecular formula is C18H10ClF5NO2P. The molecule has 1 aliphatic heterocycles. The van der Waals surface area contributed by atoms with Crippen molar-refractivity contribution < 1.29 is 31.5 Å². The summed E-state index contributed by atoms with van der Waals surface area (Å²) < 4.78 is 75.3. The molecule has 1 atom stereocenters. The predicted molar refractivity (Wildman–Crippen MR) is 97.6 cm³/mol. The number of hydrogen-bond acceptors (Lipinski definition) is 2. The molecule has 10 heteroatoms. The van der Waals surface area contributed by atoms with Gasteiger partial charge in [-0.05, 0) is 18.6 Å². The van der Waals surface area contributed by atoms with Gasteiger partial charge in [-0.1, -0.05) is 17.5 Å². The standard InChI is InChI=1S/C18H10ClF5NO2P/c1-3-4-25-10-5-8(9(19)6-11(10)27-18(23,24)17(25)26)12-13(20)7(2)16(28)15(22)14(12)21/h1,5-6H,4,28H2,2H3. The minimum atomic E-state index is -4.20. The molecular weight excluding hydrogens is 424 g/mol.